The van der Waals surface area contributed by atoms with Crippen LogP contribution in [0.3, 0.4) is 0 Å². The molecule has 1 aromatic carbocycles. The Labute approximate surface area is 115 Å². The molecular weight excluding hydrogens is 298 g/mol. The lowest BCUT2D eigenvalue weighted by Gasteiger charge is -2.30. The third kappa shape index (κ3) is 3.49. The molecule has 1 atom stereocenters. The second-order valence-corrected chi connectivity index (χ2v) is 6.58. The first kappa shape index (κ1) is 13.0. The Balaban J connectivity index is 1.89. The highest BCUT2D eigenvalue weighted by Gasteiger charge is 2.24. The lowest BCUT2D eigenvalue weighted by molar-refractivity contribution is -0.130. The van der Waals surface area contributed by atoms with Gasteiger partial charge >= 0.3 is 0 Å². The molecule has 92 valence electrons. The molecule has 0 spiro atoms. The van der Waals surface area contributed by atoms with Gasteiger partial charge < -0.3 is 4.90 Å². The van der Waals surface area contributed by atoms with Crippen LogP contribution in [-0.4, -0.2) is 34.9 Å². The summed E-state index contributed by atoms with van der Waals surface area (Å²) in [6.07, 6.45) is 0.941. The highest BCUT2D eigenvalue weighted by atomic mass is 79.9. The highest BCUT2D eigenvalue weighted by molar-refractivity contribution is 9.10. The highest BCUT2D eigenvalue weighted by Crippen LogP contribution is 2.19. The molecule has 2 rings (SSSR count). The standard InChI is InChI=1S/C13H16BrNOS/c1-10-13(16)15(8-9-17-10)7-6-11-2-4-12(14)5-3-11/h2-5,10H,6-9H2,1H3. The van der Waals surface area contributed by atoms with Crippen molar-refractivity contribution in [2.45, 2.75) is 18.6 Å². The van der Waals surface area contributed by atoms with Gasteiger partial charge in [-0.1, -0.05) is 28.1 Å². The van der Waals surface area contributed by atoms with Gasteiger partial charge in [0.15, 0.2) is 0 Å². The van der Waals surface area contributed by atoms with Gasteiger partial charge in [0.1, 0.15) is 0 Å². The van der Waals surface area contributed by atoms with Crippen molar-refractivity contribution in [3.8, 4) is 0 Å². The second-order valence-electron chi connectivity index (χ2n) is 4.21. The van der Waals surface area contributed by atoms with Gasteiger partial charge in [-0.15, -0.1) is 11.8 Å². The minimum absolute atomic E-state index is 0.133. The van der Waals surface area contributed by atoms with Crippen molar-refractivity contribution in [1.29, 1.82) is 0 Å². The lowest BCUT2D eigenvalue weighted by Crippen LogP contribution is -2.43. The predicted octanol–water partition coefficient (Wildman–Crippen LogP) is 2.96. The van der Waals surface area contributed by atoms with Gasteiger partial charge in [-0.2, -0.15) is 0 Å². The normalized spacial score (nSPS) is 20.7. The summed E-state index contributed by atoms with van der Waals surface area (Å²) in [6.45, 7) is 3.73. The first-order valence-electron chi connectivity index (χ1n) is 5.81. The molecule has 1 amide bonds. The van der Waals surface area contributed by atoms with Crippen molar-refractivity contribution >= 4 is 33.6 Å². The molecule has 1 fully saturated rings. The molecule has 4 heteroatoms. The Morgan fingerprint density at radius 2 is 2.12 bits per heavy atom. The Bertz CT molecular complexity index is 393. The number of rotatable bonds is 3. The van der Waals surface area contributed by atoms with E-state index in [4.69, 9.17) is 0 Å². The Morgan fingerprint density at radius 1 is 1.41 bits per heavy atom. The fourth-order valence-corrected chi connectivity index (χ4v) is 3.15. The molecule has 1 saturated heterocycles. The molecule has 1 aliphatic rings. The number of carbonyl (C=O) groups is 1. The summed E-state index contributed by atoms with van der Waals surface area (Å²) in [4.78, 5) is 13.9. The zero-order chi connectivity index (χ0) is 12.3. The summed E-state index contributed by atoms with van der Waals surface area (Å²) >= 11 is 5.18. The average molecular weight is 314 g/mol. The number of amides is 1. The topological polar surface area (TPSA) is 20.3 Å². The Morgan fingerprint density at radius 3 is 2.82 bits per heavy atom. The molecule has 1 aromatic rings. The fraction of sp³-hybridized carbons (Fsp3) is 0.462. The maximum atomic E-state index is 11.9. The number of carbonyl (C=O) groups excluding carboxylic acids is 1. The van der Waals surface area contributed by atoms with Crippen LogP contribution in [0.5, 0.6) is 0 Å². The first-order valence-corrected chi connectivity index (χ1v) is 7.66. The van der Waals surface area contributed by atoms with Crippen molar-refractivity contribution in [2.75, 3.05) is 18.8 Å². The van der Waals surface area contributed by atoms with Gasteiger partial charge in [0.2, 0.25) is 5.91 Å². The van der Waals surface area contributed by atoms with E-state index < -0.39 is 0 Å². The first-order chi connectivity index (χ1) is 8.16. The van der Waals surface area contributed by atoms with Gasteiger partial charge in [0.25, 0.3) is 0 Å². The van der Waals surface area contributed by atoms with Crippen molar-refractivity contribution in [3.05, 3.63) is 34.3 Å². The number of thioether (sulfide) groups is 1. The van der Waals surface area contributed by atoms with E-state index in [9.17, 15) is 4.79 Å². The molecule has 0 radical (unpaired) electrons. The Kier molecular flexibility index (Phi) is 4.51. The predicted molar refractivity (Wildman–Crippen MR) is 76.3 cm³/mol. The van der Waals surface area contributed by atoms with Crippen LogP contribution in [0, 0.1) is 0 Å². The van der Waals surface area contributed by atoms with E-state index in [-0.39, 0.29) is 5.25 Å². The van der Waals surface area contributed by atoms with E-state index in [0.29, 0.717) is 5.91 Å². The molecule has 0 bridgehead atoms. The van der Waals surface area contributed by atoms with E-state index in [1.807, 2.05) is 24.0 Å². The van der Waals surface area contributed by atoms with E-state index in [1.165, 1.54) is 5.56 Å². The van der Waals surface area contributed by atoms with E-state index in [1.54, 1.807) is 11.8 Å². The monoisotopic (exact) mass is 313 g/mol. The van der Waals surface area contributed by atoms with Crippen molar-refractivity contribution in [2.24, 2.45) is 0 Å². The third-order valence-corrected chi connectivity index (χ3v) is 4.62. The van der Waals surface area contributed by atoms with Crippen LogP contribution in [0.15, 0.2) is 28.7 Å². The molecule has 1 unspecified atom stereocenters. The van der Waals surface area contributed by atoms with E-state index >= 15 is 0 Å². The molecule has 0 N–H and O–H groups in total. The van der Waals surface area contributed by atoms with Crippen LogP contribution in [-0.2, 0) is 11.2 Å². The zero-order valence-corrected chi connectivity index (χ0v) is 12.3. The van der Waals surface area contributed by atoms with Gasteiger partial charge in [-0.3, -0.25) is 4.79 Å². The van der Waals surface area contributed by atoms with Crippen LogP contribution in [0.2, 0.25) is 0 Å². The maximum absolute atomic E-state index is 11.9. The molecular formula is C13H16BrNOS. The fourth-order valence-electron chi connectivity index (χ4n) is 1.92. The molecule has 0 saturated carbocycles. The third-order valence-electron chi connectivity index (χ3n) is 2.97. The van der Waals surface area contributed by atoms with Crippen LogP contribution in [0.4, 0.5) is 0 Å². The maximum Gasteiger partial charge on any atom is 0.235 e. The summed E-state index contributed by atoms with van der Waals surface area (Å²) in [5, 5.41) is 0.133. The average Bonchev–Trinajstić information content (AvgIpc) is 2.33. The summed E-state index contributed by atoms with van der Waals surface area (Å²) < 4.78 is 1.10. The molecule has 17 heavy (non-hydrogen) atoms. The van der Waals surface area contributed by atoms with Crippen molar-refractivity contribution in [1.82, 2.24) is 4.90 Å². The summed E-state index contributed by atoms with van der Waals surface area (Å²) in [7, 11) is 0. The number of nitrogens with zero attached hydrogens (tertiary/aromatic N) is 1. The van der Waals surface area contributed by atoms with E-state index in [0.717, 1.165) is 29.7 Å². The van der Waals surface area contributed by atoms with Crippen LogP contribution in [0.25, 0.3) is 0 Å². The minimum Gasteiger partial charge on any atom is -0.341 e. The van der Waals surface area contributed by atoms with E-state index in [2.05, 4.69) is 28.1 Å². The number of halogens is 1. The smallest absolute Gasteiger partial charge is 0.235 e. The summed E-state index contributed by atoms with van der Waals surface area (Å²) in [5.41, 5.74) is 1.28. The number of benzene rings is 1. The molecule has 0 aromatic heterocycles. The SMILES string of the molecule is CC1SCCN(CCc2ccc(Br)cc2)C1=O. The molecule has 1 heterocycles. The molecule has 0 aliphatic carbocycles. The van der Waals surface area contributed by atoms with Gasteiger partial charge in [0.05, 0.1) is 5.25 Å². The van der Waals surface area contributed by atoms with Crippen molar-refractivity contribution < 1.29 is 4.79 Å². The quantitative estimate of drug-likeness (QED) is 0.855. The molecule has 1 aliphatic heterocycles. The van der Waals surface area contributed by atoms with Gasteiger partial charge in [-0.25, -0.2) is 0 Å². The van der Waals surface area contributed by atoms with Crippen LogP contribution in [0.1, 0.15) is 12.5 Å². The summed E-state index contributed by atoms with van der Waals surface area (Å²) in [6, 6.07) is 8.31. The van der Waals surface area contributed by atoms with Crippen molar-refractivity contribution in [3.63, 3.8) is 0 Å². The molecule has 2 nitrogen and oxygen atoms in total. The zero-order valence-electron chi connectivity index (χ0n) is 9.86. The summed E-state index contributed by atoms with van der Waals surface area (Å²) in [5.74, 6) is 1.35. The van der Waals surface area contributed by atoms with Crippen LogP contribution < -0.4 is 0 Å². The van der Waals surface area contributed by atoms with Crippen LogP contribution >= 0.6 is 27.7 Å². The van der Waals surface area contributed by atoms with Gasteiger partial charge in [0, 0.05) is 23.3 Å². The lowest BCUT2D eigenvalue weighted by atomic mass is 10.1. The number of hydrogen-bond acceptors (Lipinski definition) is 2. The second kappa shape index (κ2) is 5.91. The Hall–Kier alpha value is -0.480. The minimum atomic E-state index is 0.133. The van der Waals surface area contributed by atoms with Gasteiger partial charge in [-0.05, 0) is 31.0 Å². The largest absolute Gasteiger partial charge is 0.341 e. The number of hydrogen-bond donors (Lipinski definition) is 0.